The Morgan fingerprint density at radius 2 is 2.10 bits per heavy atom. The number of nitrogens with zero attached hydrogens (tertiary/aromatic N) is 4. The van der Waals surface area contributed by atoms with Gasteiger partial charge in [0.15, 0.2) is 0 Å². The summed E-state index contributed by atoms with van der Waals surface area (Å²) in [5, 5.41) is 13.5. The summed E-state index contributed by atoms with van der Waals surface area (Å²) >= 11 is 0. The van der Waals surface area contributed by atoms with Gasteiger partial charge in [-0.15, -0.1) is 0 Å². The first kappa shape index (κ1) is 14.5. The van der Waals surface area contributed by atoms with Crippen molar-refractivity contribution in [2.45, 2.75) is 32.9 Å². The van der Waals surface area contributed by atoms with Gasteiger partial charge in [0.25, 0.3) is 0 Å². The Kier molecular flexibility index (Phi) is 4.74. The Morgan fingerprint density at radius 1 is 1.30 bits per heavy atom. The van der Waals surface area contributed by atoms with Crippen LogP contribution in [-0.2, 0) is 26.6 Å². The maximum Gasteiger partial charge on any atom is 0.129 e. The van der Waals surface area contributed by atoms with E-state index < -0.39 is 0 Å². The van der Waals surface area contributed by atoms with Crippen LogP contribution in [0.4, 0.5) is 5.82 Å². The van der Waals surface area contributed by atoms with Crippen LogP contribution in [0.3, 0.4) is 0 Å². The van der Waals surface area contributed by atoms with Gasteiger partial charge in [0.2, 0.25) is 0 Å². The summed E-state index contributed by atoms with van der Waals surface area (Å²) in [4.78, 5) is 6.74. The lowest BCUT2D eigenvalue weighted by Crippen LogP contribution is -2.18. The minimum atomic E-state index is 0.0486. The number of aliphatic hydroxyl groups excluding tert-OH is 1. The molecule has 0 amide bonds. The Labute approximate surface area is 119 Å². The standard InChI is InChI=1S/C15H22N4O/c1-4-5-14-6-12(11-20)7-15(17-14)18(2)9-13-8-16-19(3)10-13/h6-8,10,20H,4-5,9,11H2,1-3H3. The number of hydrogen-bond donors (Lipinski definition) is 1. The van der Waals surface area contributed by atoms with E-state index in [1.54, 1.807) is 4.68 Å². The molecule has 0 fully saturated rings. The quantitative estimate of drug-likeness (QED) is 0.874. The molecule has 5 nitrogen and oxygen atoms in total. The molecule has 2 heterocycles. The molecule has 2 aromatic heterocycles. The van der Waals surface area contributed by atoms with Gasteiger partial charge in [-0.05, 0) is 24.1 Å². The first-order chi connectivity index (χ1) is 9.62. The summed E-state index contributed by atoms with van der Waals surface area (Å²) in [6.07, 6.45) is 5.84. The van der Waals surface area contributed by atoms with Gasteiger partial charge < -0.3 is 10.0 Å². The third-order valence-electron chi connectivity index (χ3n) is 3.18. The zero-order valence-electron chi connectivity index (χ0n) is 12.4. The van der Waals surface area contributed by atoms with Crippen LogP contribution in [0.25, 0.3) is 0 Å². The summed E-state index contributed by atoms with van der Waals surface area (Å²) in [5.74, 6) is 0.892. The lowest BCUT2D eigenvalue weighted by Gasteiger charge is -2.19. The first-order valence-corrected chi connectivity index (χ1v) is 6.91. The van der Waals surface area contributed by atoms with E-state index in [2.05, 4.69) is 21.9 Å². The van der Waals surface area contributed by atoms with Gasteiger partial charge in [-0.1, -0.05) is 13.3 Å². The topological polar surface area (TPSA) is 54.2 Å². The minimum Gasteiger partial charge on any atom is -0.392 e. The normalized spacial score (nSPS) is 10.8. The number of aliphatic hydroxyl groups is 1. The zero-order valence-corrected chi connectivity index (χ0v) is 12.4. The molecule has 0 aromatic carbocycles. The van der Waals surface area contributed by atoms with Crippen molar-refractivity contribution in [1.82, 2.24) is 14.8 Å². The highest BCUT2D eigenvalue weighted by atomic mass is 16.3. The van der Waals surface area contributed by atoms with Crippen molar-refractivity contribution in [3.63, 3.8) is 0 Å². The lowest BCUT2D eigenvalue weighted by atomic mass is 10.1. The third-order valence-corrected chi connectivity index (χ3v) is 3.18. The molecule has 0 saturated heterocycles. The molecule has 0 atom stereocenters. The van der Waals surface area contributed by atoms with Crippen LogP contribution in [0.5, 0.6) is 0 Å². The van der Waals surface area contributed by atoms with E-state index in [9.17, 15) is 5.11 Å². The summed E-state index contributed by atoms with van der Waals surface area (Å²) in [6.45, 7) is 2.93. The highest BCUT2D eigenvalue weighted by Gasteiger charge is 2.08. The summed E-state index contributed by atoms with van der Waals surface area (Å²) in [7, 11) is 3.92. The molecule has 0 bridgehead atoms. The monoisotopic (exact) mass is 274 g/mol. The predicted molar refractivity (Wildman–Crippen MR) is 79.5 cm³/mol. The molecular formula is C15H22N4O. The predicted octanol–water partition coefficient (Wildman–Crippen LogP) is 1.90. The van der Waals surface area contributed by atoms with Gasteiger partial charge >= 0.3 is 0 Å². The summed E-state index contributed by atoms with van der Waals surface area (Å²) < 4.78 is 1.79. The van der Waals surface area contributed by atoms with Crippen molar-refractivity contribution < 1.29 is 5.11 Å². The third kappa shape index (κ3) is 3.57. The maximum atomic E-state index is 9.37. The average molecular weight is 274 g/mol. The number of pyridine rings is 1. The number of anilines is 1. The van der Waals surface area contributed by atoms with E-state index in [0.29, 0.717) is 0 Å². The number of aromatic nitrogens is 3. The first-order valence-electron chi connectivity index (χ1n) is 6.91. The van der Waals surface area contributed by atoms with Crippen LogP contribution in [-0.4, -0.2) is 26.9 Å². The number of aryl methyl sites for hydroxylation is 2. The fourth-order valence-corrected chi connectivity index (χ4v) is 2.21. The highest BCUT2D eigenvalue weighted by Crippen LogP contribution is 2.17. The van der Waals surface area contributed by atoms with Gasteiger partial charge in [-0.3, -0.25) is 4.68 Å². The molecule has 0 aliphatic heterocycles. The Balaban J connectivity index is 2.19. The van der Waals surface area contributed by atoms with Crippen LogP contribution in [0.15, 0.2) is 24.5 Å². The van der Waals surface area contributed by atoms with Gasteiger partial charge in [0, 0.05) is 38.1 Å². The fraction of sp³-hybridized carbons (Fsp3) is 0.467. The zero-order chi connectivity index (χ0) is 14.5. The van der Waals surface area contributed by atoms with Gasteiger partial charge in [0.05, 0.1) is 12.8 Å². The van der Waals surface area contributed by atoms with Crippen molar-refractivity contribution in [3.05, 3.63) is 41.3 Å². The van der Waals surface area contributed by atoms with Crippen molar-refractivity contribution >= 4 is 5.82 Å². The second-order valence-electron chi connectivity index (χ2n) is 5.11. The van der Waals surface area contributed by atoms with Crippen molar-refractivity contribution in [3.8, 4) is 0 Å². The fourth-order valence-electron chi connectivity index (χ4n) is 2.21. The molecule has 0 radical (unpaired) electrons. The minimum absolute atomic E-state index is 0.0486. The van der Waals surface area contributed by atoms with E-state index >= 15 is 0 Å². The molecule has 5 heteroatoms. The van der Waals surface area contributed by atoms with Crippen LogP contribution in [0.1, 0.15) is 30.2 Å². The van der Waals surface area contributed by atoms with E-state index in [-0.39, 0.29) is 6.61 Å². The molecule has 0 saturated carbocycles. The lowest BCUT2D eigenvalue weighted by molar-refractivity contribution is 0.281. The molecule has 0 unspecified atom stereocenters. The largest absolute Gasteiger partial charge is 0.392 e. The SMILES string of the molecule is CCCc1cc(CO)cc(N(C)Cc2cnn(C)c2)n1. The summed E-state index contributed by atoms with van der Waals surface area (Å²) in [6, 6.07) is 3.92. The van der Waals surface area contributed by atoms with E-state index in [1.807, 2.05) is 38.6 Å². The number of rotatable bonds is 6. The molecule has 108 valence electrons. The maximum absolute atomic E-state index is 9.37. The van der Waals surface area contributed by atoms with Crippen LogP contribution >= 0.6 is 0 Å². The van der Waals surface area contributed by atoms with Crippen molar-refractivity contribution in [2.75, 3.05) is 11.9 Å². The molecular weight excluding hydrogens is 252 g/mol. The number of hydrogen-bond acceptors (Lipinski definition) is 4. The van der Waals surface area contributed by atoms with Crippen molar-refractivity contribution in [1.29, 1.82) is 0 Å². The smallest absolute Gasteiger partial charge is 0.129 e. The second kappa shape index (κ2) is 6.52. The van der Waals surface area contributed by atoms with Crippen LogP contribution in [0.2, 0.25) is 0 Å². The Bertz CT molecular complexity index is 565. The Hall–Kier alpha value is -1.88. The van der Waals surface area contributed by atoms with Gasteiger partial charge in [-0.2, -0.15) is 5.10 Å². The molecule has 0 aliphatic rings. The molecule has 0 spiro atoms. The van der Waals surface area contributed by atoms with Crippen LogP contribution < -0.4 is 4.90 Å². The van der Waals surface area contributed by atoms with Crippen molar-refractivity contribution in [2.24, 2.45) is 7.05 Å². The average Bonchev–Trinajstić information content (AvgIpc) is 2.84. The molecule has 20 heavy (non-hydrogen) atoms. The Morgan fingerprint density at radius 3 is 2.70 bits per heavy atom. The van der Waals surface area contributed by atoms with Gasteiger partial charge in [0.1, 0.15) is 5.82 Å². The van der Waals surface area contributed by atoms with Crippen LogP contribution in [0, 0.1) is 0 Å². The van der Waals surface area contributed by atoms with E-state index in [4.69, 9.17) is 0 Å². The van der Waals surface area contributed by atoms with E-state index in [0.717, 1.165) is 42.0 Å². The highest BCUT2D eigenvalue weighted by molar-refractivity contribution is 5.42. The molecule has 1 N–H and O–H groups in total. The molecule has 2 rings (SSSR count). The molecule has 0 aliphatic carbocycles. The van der Waals surface area contributed by atoms with Gasteiger partial charge in [-0.25, -0.2) is 4.98 Å². The second-order valence-corrected chi connectivity index (χ2v) is 5.11. The van der Waals surface area contributed by atoms with E-state index in [1.165, 1.54) is 0 Å². The molecule has 2 aromatic rings. The summed E-state index contributed by atoms with van der Waals surface area (Å²) in [5.41, 5.74) is 3.09.